The summed E-state index contributed by atoms with van der Waals surface area (Å²) < 4.78 is 6.73. The van der Waals surface area contributed by atoms with E-state index in [2.05, 4.69) is 4.90 Å². The minimum atomic E-state index is 0.116. The molecule has 1 fully saturated rings. The Morgan fingerprint density at radius 2 is 1.93 bits per heavy atom. The number of carbonyl (C=O) groups excluding carboxylic acids is 1. The number of aromatic nitrogens is 1. The van der Waals surface area contributed by atoms with Crippen LogP contribution in [0.1, 0.15) is 12.8 Å². The van der Waals surface area contributed by atoms with E-state index in [-0.39, 0.29) is 5.91 Å². The van der Waals surface area contributed by atoms with Crippen molar-refractivity contribution in [2.75, 3.05) is 37.7 Å². The second kappa shape index (κ2) is 9.15. The van der Waals surface area contributed by atoms with Crippen LogP contribution in [0.5, 0.6) is 5.75 Å². The molecule has 0 atom stereocenters. The molecule has 0 aliphatic carbocycles. The smallest absolute Gasteiger partial charge is 0.316 e. The van der Waals surface area contributed by atoms with Gasteiger partial charge in [-0.2, -0.15) is 0 Å². The van der Waals surface area contributed by atoms with Crippen molar-refractivity contribution < 1.29 is 19.5 Å². The number of anilines is 1. The van der Waals surface area contributed by atoms with Gasteiger partial charge in [-0.15, -0.1) is 0 Å². The average Bonchev–Trinajstić information content (AvgIpc) is 2.67. The molecule has 1 aliphatic rings. The van der Waals surface area contributed by atoms with Gasteiger partial charge < -0.3 is 14.8 Å². The highest BCUT2D eigenvalue weighted by Gasteiger charge is 2.27. The summed E-state index contributed by atoms with van der Waals surface area (Å²) in [6, 6.07) is 10.6. The maximum Gasteiger partial charge on any atom is 0.316 e. The van der Waals surface area contributed by atoms with E-state index in [0.717, 1.165) is 10.5 Å². The summed E-state index contributed by atoms with van der Waals surface area (Å²) in [6.45, 7) is 3.07. The Kier molecular flexibility index (Phi) is 6.63. The van der Waals surface area contributed by atoms with E-state index in [9.17, 15) is 10.0 Å². The lowest BCUT2D eigenvalue weighted by Crippen LogP contribution is -2.52. The van der Waals surface area contributed by atoms with Gasteiger partial charge in [-0.05, 0) is 30.7 Å². The van der Waals surface area contributed by atoms with Crippen LogP contribution in [0.4, 0.5) is 5.82 Å². The van der Waals surface area contributed by atoms with Gasteiger partial charge in [-0.3, -0.25) is 9.69 Å². The van der Waals surface area contributed by atoms with Crippen molar-refractivity contribution >= 4 is 34.9 Å². The Morgan fingerprint density at radius 1 is 1.15 bits per heavy atom. The van der Waals surface area contributed by atoms with Crippen LogP contribution in [0.15, 0.2) is 42.6 Å². The summed E-state index contributed by atoms with van der Waals surface area (Å²) >= 11 is 11.9. The van der Waals surface area contributed by atoms with E-state index in [1.807, 2.05) is 17.0 Å². The zero-order valence-corrected chi connectivity index (χ0v) is 16.4. The number of ether oxygens (including phenoxy) is 1. The van der Waals surface area contributed by atoms with Crippen molar-refractivity contribution in [2.24, 2.45) is 0 Å². The van der Waals surface area contributed by atoms with Gasteiger partial charge in [0.1, 0.15) is 25.0 Å². The standard InChI is InChI=1S/C19H22Cl2N3O3/c20-15-6-7-17(16(21)14-15)27-13-3-5-19(25)23-11-9-22(10-12-23)18-4-1-2-8-24(18)26/h1-2,4,6-8,14,26H,3,5,9-13H2/q+1. The average molecular weight is 411 g/mol. The van der Waals surface area contributed by atoms with Gasteiger partial charge in [0.05, 0.1) is 24.7 Å². The number of hydrogen-bond acceptors (Lipinski definition) is 4. The van der Waals surface area contributed by atoms with Crippen molar-refractivity contribution in [1.29, 1.82) is 0 Å². The van der Waals surface area contributed by atoms with Crippen LogP contribution in [0, 0.1) is 0 Å². The Bertz CT molecular complexity index is 796. The van der Waals surface area contributed by atoms with Gasteiger partial charge in [-0.1, -0.05) is 34.0 Å². The number of nitrogens with zero attached hydrogens (tertiary/aromatic N) is 3. The predicted molar refractivity (Wildman–Crippen MR) is 104 cm³/mol. The quantitative estimate of drug-likeness (QED) is 0.451. The lowest BCUT2D eigenvalue weighted by molar-refractivity contribution is -0.894. The monoisotopic (exact) mass is 410 g/mol. The molecule has 144 valence electrons. The summed E-state index contributed by atoms with van der Waals surface area (Å²) in [4.78, 5) is 16.3. The number of hydrogen-bond donors (Lipinski definition) is 1. The largest absolute Gasteiger partial charge is 0.492 e. The third kappa shape index (κ3) is 5.17. The topological polar surface area (TPSA) is 56.9 Å². The number of halogens is 2. The molecule has 27 heavy (non-hydrogen) atoms. The highest BCUT2D eigenvalue weighted by molar-refractivity contribution is 6.35. The molecule has 0 bridgehead atoms. The second-order valence-corrected chi connectivity index (χ2v) is 7.14. The number of pyridine rings is 1. The molecule has 0 radical (unpaired) electrons. The van der Waals surface area contributed by atoms with E-state index >= 15 is 0 Å². The van der Waals surface area contributed by atoms with Gasteiger partial charge >= 0.3 is 5.82 Å². The fourth-order valence-electron chi connectivity index (χ4n) is 3.02. The Balaban J connectivity index is 1.40. The summed E-state index contributed by atoms with van der Waals surface area (Å²) in [5.74, 6) is 1.42. The van der Waals surface area contributed by atoms with Crippen LogP contribution in [-0.4, -0.2) is 48.8 Å². The maximum absolute atomic E-state index is 12.4. The Morgan fingerprint density at radius 3 is 2.63 bits per heavy atom. The highest BCUT2D eigenvalue weighted by atomic mass is 35.5. The number of rotatable bonds is 6. The molecule has 0 saturated carbocycles. The van der Waals surface area contributed by atoms with Gasteiger partial charge in [0.15, 0.2) is 0 Å². The first-order valence-corrected chi connectivity index (χ1v) is 9.61. The van der Waals surface area contributed by atoms with Crippen LogP contribution in [-0.2, 0) is 4.79 Å². The molecule has 0 unspecified atom stereocenters. The highest BCUT2D eigenvalue weighted by Crippen LogP contribution is 2.27. The minimum absolute atomic E-state index is 0.116. The van der Waals surface area contributed by atoms with E-state index in [0.29, 0.717) is 61.4 Å². The molecular formula is C19H22Cl2N3O3+. The maximum atomic E-state index is 12.4. The van der Waals surface area contributed by atoms with Crippen molar-refractivity contribution in [3.63, 3.8) is 0 Å². The lowest BCUT2D eigenvalue weighted by Gasteiger charge is -2.31. The number of piperazine rings is 1. The molecule has 1 aromatic carbocycles. The first kappa shape index (κ1) is 19.6. The zero-order valence-electron chi connectivity index (χ0n) is 14.9. The summed E-state index contributed by atoms with van der Waals surface area (Å²) in [6.07, 6.45) is 2.64. The lowest BCUT2D eigenvalue weighted by atomic mass is 10.2. The first-order valence-electron chi connectivity index (χ1n) is 8.85. The minimum Gasteiger partial charge on any atom is -0.492 e. The van der Waals surface area contributed by atoms with Crippen LogP contribution in [0.25, 0.3) is 0 Å². The van der Waals surface area contributed by atoms with Crippen molar-refractivity contribution in [1.82, 2.24) is 4.90 Å². The molecule has 1 saturated heterocycles. The van der Waals surface area contributed by atoms with Gasteiger partial charge in [0.2, 0.25) is 5.91 Å². The fourth-order valence-corrected chi connectivity index (χ4v) is 3.48. The zero-order chi connectivity index (χ0) is 19.2. The van der Waals surface area contributed by atoms with Gasteiger partial charge in [-0.25, -0.2) is 0 Å². The second-order valence-electron chi connectivity index (χ2n) is 6.30. The van der Waals surface area contributed by atoms with Gasteiger partial charge in [0.25, 0.3) is 0 Å². The third-order valence-corrected chi connectivity index (χ3v) is 4.99. The molecule has 1 amide bonds. The number of benzene rings is 1. The van der Waals surface area contributed by atoms with Crippen molar-refractivity contribution in [2.45, 2.75) is 12.8 Å². The third-order valence-electron chi connectivity index (χ3n) is 4.46. The van der Waals surface area contributed by atoms with Gasteiger partial charge in [0, 0.05) is 17.5 Å². The molecule has 6 nitrogen and oxygen atoms in total. The van der Waals surface area contributed by atoms with Crippen LogP contribution >= 0.6 is 23.2 Å². The molecule has 3 rings (SSSR count). The van der Waals surface area contributed by atoms with E-state index in [1.54, 1.807) is 30.5 Å². The van der Waals surface area contributed by atoms with Crippen LogP contribution in [0.2, 0.25) is 10.0 Å². The Hall–Kier alpha value is -2.18. The number of amides is 1. The van der Waals surface area contributed by atoms with E-state index in [1.165, 1.54) is 0 Å². The fraction of sp³-hybridized carbons (Fsp3) is 0.368. The SMILES string of the molecule is O=C(CCCOc1ccc(Cl)cc1Cl)N1CCN(c2cccc[n+]2O)CC1. The molecule has 8 heteroatoms. The van der Waals surface area contributed by atoms with Crippen LogP contribution in [0.3, 0.4) is 0 Å². The number of carbonyl (C=O) groups is 1. The normalized spacial score (nSPS) is 14.3. The summed E-state index contributed by atoms with van der Waals surface area (Å²) in [7, 11) is 0. The molecule has 1 aromatic heterocycles. The van der Waals surface area contributed by atoms with E-state index < -0.39 is 0 Å². The van der Waals surface area contributed by atoms with Crippen molar-refractivity contribution in [3.8, 4) is 5.75 Å². The summed E-state index contributed by atoms with van der Waals surface area (Å²) in [5.41, 5.74) is 0. The molecule has 2 heterocycles. The van der Waals surface area contributed by atoms with Crippen molar-refractivity contribution in [3.05, 3.63) is 52.6 Å². The van der Waals surface area contributed by atoms with Crippen LogP contribution < -0.4 is 14.4 Å². The molecule has 1 N–H and O–H groups in total. The molecular weight excluding hydrogens is 389 g/mol. The molecule has 2 aromatic rings. The summed E-state index contributed by atoms with van der Waals surface area (Å²) in [5, 5.41) is 10.9. The molecule has 1 aliphatic heterocycles. The predicted octanol–water partition coefficient (Wildman–Crippen LogP) is 3.03. The molecule has 0 spiro atoms. The first-order chi connectivity index (χ1) is 13.0. The Labute approximate surface area is 168 Å². The van der Waals surface area contributed by atoms with E-state index in [4.69, 9.17) is 27.9 Å².